The van der Waals surface area contributed by atoms with Gasteiger partial charge in [-0.1, -0.05) is 0 Å². The van der Waals surface area contributed by atoms with Gasteiger partial charge in [-0.25, -0.2) is 20.8 Å². The average molecular weight is 422 g/mol. The van der Waals surface area contributed by atoms with E-state index in [1.807, 2.05) is 22.6 Å². The first-order valence-corrected chi connectivity index (χ1v) is 7.52. The van der Waals surface area contributed by atoms with Crippen LogP contribution >= 0.6 is 22.6 Å². The molecule has 0 saturated carbocycles. The number of ether oxygens (including phenoxy) is 1. The van der Waals surface area contributed by atoms with Gasteiger partial charge in [0.1, 0.15) is 24.1 Å². The Balaban J connectivity index is 2.08. The van der Waals surface area contributed by atoms with Gasteiger partial charge >= 0.3 is 0 Å². The Morgan fingerprint density at radius 1 is 1.32 bits per heavy atom. The molecule has 1 aliphatic rings. The van der Waals surface area contributed by atoms with Gasteiger partial charge in [0.05, 0.1) is 6.61 Å². The third-order valence-corrected chi connectivity index (χ3v) is 4.05. The highest BCUT2D eigenvalue weighted by Gasteiger charge is 2.45. The Morgan fingerprint density at radius 3 is 2.73 bits per heavy atom. The lowest BCUT2D eigenvalue weighted by Gasteiger charge is -2.18. The summed E-state index contributed by atoms with van der Waals surface area (Å²) in [5.74, 6) is 5.78. The SMILES string of the molecule is Cc1nc2c(N)nc(I)nc2n1[C@@H]1O[C@H](CON)[C@@H](O)[C@H]1O. The first-order chi connectivity index (χ1) is 10.4. The van der Waals surface area contributed by atoms with E-state index in [1.54, 1.807) is 11.5 Å². The van der Waals surface area contributed by atoms with Crippen LogP contribution in [0.25, 0.3) is 11.2 Å². The van der Waals surface area contributed by atoms with E-state index in [0.29, 0.717) is 20.8 Å². The van der Waals surface area contributed by atoms with Crippen LogP contribution in [0.1, 0.15) is 12.1 Å². The molecule has 120 valence electrons. The summed E-state index contributed by atoms with van der Waals surface area (Å²) in [6.45, 7) is 1.68. The minimum absolute atomic E-state index is 0.0466. The third kappa shape index (κ3) is 2.43. The standard InChI is InChI=1S/C11H15IN6O4/c1-3-15-5-8(13)16-11(12)17-9(5)18(3)10-7(20)6(19)4(22-10)2-21-14/h4,6-7,10,19-20H,2,14H2,1H3,(H2,13,16,17)/t4-,6-,7-,10-/m1/s1. The van der Waals surface area contributed by atoms with Crippen LogP contribution in [0, 0.1) is 10.8 Å². The third-order valence-electron chi connectivity index (χ3n) is 3.57. The monoisotopic (exact) mass is 422 g/mol. The second-order valence-corrected chi connectivity index (χ2v) is 5.92. The zero-order chi connectivity index (χ0) is 16.0. The summed E-state index contributed by atoms with van der Waals surface area (Å²) in [5.41, 5.74) is 6.70. The second kappa shape index (κ2) is 5.82. The first-order valence-electron chi connectivity index (χ1n) is 6.45. The number of nitrogen functional groups attached to an aromatic ring is 1. The summed E-state index contributed by atoms with van der Waals surface area (Å²) in [7, 11) is 0. The number of anilines is 1. The van der Waals surface area contributed by atoms with Gasteiger partial charge in [-0.2, -0.15) is 0 Å². The molecule has 22 heavy (non-hydrogen) atoms. The number of aliphatic hydroxyl groups is 2. The maximum Gasteiger partial charge on any atom is 0.194 e. The predicted octanol–water partition coefficient (Wildman–Crippen LogP) is -1.17. The molecular weight excluding hydrogens is 407 g/mol. The molecule has 0 aliphatic carbocycles. The quantitative estimate of drug-likeness (QED) is 0.272. The average Bonchev–Trinajstić information content (AvgIpc) is 2.91. The van der Waals surface area contributed by atoms with Gasteiger partial charge in [-0.05, 0) is 6.92 Å². The number of rotatable bonds is 3. The van der Waals surface area contributed by atoms with E-state index in [4.69, 9.17) is 16.4 Å². The molecule has 0 aromatic carbocycles. The number of nitrogens with two attached hydrogens (primary N) is 2. The van der Waals surface area contributed by atoms with Gasteiger partial charge in [0.25, 0.3) is 0 Å². The Kier molecular flexibility index (Phi) is 4.17. The van der Waals surface area contributed by atoms with Gasteiger partial charge in [0.15, 0.2) is 27.0 Å². The highest BCUT2D eigenvalue weighted by atomic mass is 127. The zero-order valence-electron chi connectivity index (χ0n) is 11.5. The molecule has 3 rings (SSSR count). The van der Waals surface area contributed by atoms with Crippen LogP contribution in [0.2, 0.25) is 0 Å². The maximum atomic E-state index is 10.3. The Bertz CT molecular complexity index is 709. The molecule has 1 saturated heterocycles. The Morgan fingerprint density at radius 2 is 2.05 bits per heavy atom. The lowest BCUT2D eigenvalue weighted by atomic mass is 10.1. The van der Waals surface area contributed by atoms with Crippen molar-refractivity contribution in [1.82, 2.24) is 19.5 Å². The molecule has 11 heteroatoms. The van der Waals surface area contributed by atoms with Crippen molar-refractivity contribution in [2.24, 2.45) is 5.90 Å². The maximum absolute atomic E-state index is 10.3. The molecular formula is C11H15IN6O4. The normalized spacial score (nSPS) is 28.6. The van der Waals surface area contributed by atoms with Crippen LogP contribution in [0.5, 0.6) is 0 Å². The highest BCUT2D eigenvalue weighted by molar-refractivity contribution is 14.1. The number of aryl methyl sites for hydroxylation is 1. The van der Waals surface area contributed by atoms with Crippen LogP contribution in [-0.2, 0) is 9.57 Å². The van der Waals surface area contributed by atoms with Crippen molar-refractivity contribution in [3.63, 3.8) is 0 Å². The van der Waals surface area contributed by atoms with Crippen molar-refractivity contribution in [2.75, 3.05) is 12.3 Å². The van der Waals surface area contributed by atoms with Crippen LogP contribution in [-0.4, -0.2) is 54.7 Å². The van der Waals surface area contributed by atoms with Crippen molar-refractivity contribution in [3.8, 4) is 0 Å². The van der Waals surface area contributed by atoms with Crippen molar-refractivity contribution >= 4 is 39.6 Å². The van der Waals surface area contributed by atoms with E-state index in [-0.39, 0.29) is 12.4 Å². The first kappa shape index (κ1) is 15.8. The lowest BCUT2D eigenvalue weighted by molar-refractivity contribution is -0.0666. The molecule has 0 spiro atoms. The van der Waals surface area contributed by atoms with Crippen LogP contribution < -0.4 is 11.6 Å². The van der Waals surface area contributed by atoms with Gasteiger partial charge in [0, 0.05) is 22.6 Å². The number of imidazole rings is 1. The minimum Gasteiger partial charge on any atom is -0.387 e. The van der Waals surface area contributed by atoms with E-state index in [9.17, 15) is 10.2 Å². The van der Waals surface area contributed by atoms with E-state index < -0.39 is 24.5 Å². The molecule has 10 nitrogen and oxygen atoms in total. The largest absolute Gasteiger partial charge is 0.387 e. The predicted molar refractivity (Wildman–Crippen MR) is 83.3 cm³/mol. The molecule has 0 radical (unpaired) electrons. The zero-order valence-corrected chi connectivity index (χ0v) is 13.7. The molecule has 0 amide bonds. The Hall–Kier alpha value is -1.12. The van der Waals surface area contributed by atoms with Crippen LogP contribution in [0.3, 0.4) is 0 Å². The molecule has 1 aliphatic heterocycles. The summed E-state index contributed by atoms with van der Waals surface area (Å²) in [5, 5.41) is 20.3. The molecule has 0 bridgehead atoms. The lowest BCUT2D eigenvalue weighted by Crippen LogP contribution is -2.34. The van der Waals surface area contributed by atoms with Gasteiger partial charge in [0.2, 0.25) is 0 Å². The number of nitrogens with zero attached hydrogens (tertiary/aromatic N) is 4. The van der Waals surface area contributed by atoms with Crippen molar-refractivity contribution in [2.45, 2.75) is 31.5 Å². The number of aliphatic hydroxyl groups excluding tert-OH is 2. The summed E-state index contributed by atoms with van der Waals surface area (Å²) in [6, 6.07) is 0. The van der Waals surface area contributed by atoms with Crippen molar-refractivity contribution in [3.05, 3.63) is 9.66 Å². The fourth-order valence-electron chi connectivity index (χ4n) is 2.56. The molecule has 2 aromatic heterocycles. The number of halogens is 1. The van der Waals surface area contributed by atoms with E-state index >= 15 is 0 Å². The molecule has 0 unspecified atom stereocenters. The van der Waals surface area contributed by atoms with Gasteiger partial charge in [-0.15, -0.1) is 0 Å². The molecule has 1 fully saturated rings. The summed E-state index contributed by atoms with van der Waals surface area (Å²) in [4.78, 5) is 17.2. The number of fused-ring (bicyclic) bond motifs is 1. The number of hydrogen-bond donors (Lipinski definition) is 4. The van der Waals surface area contributed by atoms with Gasteiger partial charge in [-0.3, -0.25) is 4.57 Å². The van der Waals surface area contributed by atoms with Crippen molar-refractivity contribution in [1.29, 1.82) is 0 Å². The van der Waals surface area contributed by atoms with Crippen LogP contribution in [0.15, 0.2) is 0 Å². The molecule has 2 aromatic rings. The molecule has 3 heterocycles. The molecule has 6 N–H and O–H groups in total. The van der Waals surface area contributed by atoms with E-state index in [1.165, 1.54) is 0 Å². The summed E-state index contributed by atoms with van der Waals surface area (Å²) in [6.07, 6.45) is -3.93. The fourth-order valence-corrected chi connectivity index (χ4v) is 3.04. The Labute approximate surface area is 138 Å². The topological polar surface area (TPSA) is 155 Å². The van der Waals surface area contributed by atoms with E-state index in [0.717, 1.165) is 0 Å². The summed E-state index contributed by atoms with van der Waals surface area (Å²) < 4.78 is 7.68. The number of aromatic nitrogens is 4. The van der Waals surface area contributed by atoms with Crippen molar-refractivity contribution < 1.29 is 19.8 Å². The number of hydrogen-bond acceptors (Lipinski definition) is 9. The summed E-state index contributed by atoms with van der Waals surface area (Å²) >= 11 is 1.94. The highest BCUT2D eigenvalue weighted by Crippen LogP contribution is 2.33. The second-order valence-electron chi connectivity index (χ2n) is 4.96. The molecule has 4 atom stereocenters. The van der Waals surface area contributed by atoms with E-state index in [2.05, 4.69) is 19.8 Å². The van der Waals surface area contributed by atoms with Gasteiger partial charge < -0.3 is 25.5 Å². The minimum atomic E-state index is -1.18. The van der Waals surface area contributed by atoms with Crippen LogP contribution in [0.4, 0.5) is 5.82 Å². The smallest absolute Gasteiger partial charge is 0.194 e. The fraction of sp³-hybridized carbons (Fsp3) is 0.545.